The van der Waals surface area contributed by atoms with Gasteiger partial charge in [0.2, 0.25) is 0 Å². The quantitative estimate of drug-likeness (QED) is 0.712. The molecule has 16 heavy (non-hydrogen) atoms. The summed E-state index contributed by atoms with van der Waals surface area (Å²) in [5.74, 6) is -0.336. The van der Waals surface area contributed by atoms with Crippen LogP contribution in [0.1, 0.15) is 24.3 Å². The molecule has 0 spiro atoms. The van der Waals surface area contributed by atoms with Crippen molar-refractivity contribution < 1.29 is 9.53 Å². The summed E-state index contributed by atoms with van der Waals surface area (Å²) in [6, 6.07) is 1.83. The zero-order valence-corrected chi connectivity index (χ0v) is 9.70. The van der Waals surface area contributed by atoms with E-state index in [1.807, 2.05) is 18.2 Å². The van der Waals surface area contributed by atoms with Gasteiger partial charge in [-0.25, -0.2) is 4.79 Å². The first-order chi connectivity index (χ1) is 7.52. The fraction of sp³-hybridized carbons (Fsp3) is 0.308. The first kappa shape index (κ1) is 10.7. The highest BCUT2D eigenvalue weighted by Gasteiger charge is 2.13. The molecule has 0 fully saturated rings. The zero-order chi connectivity index (χ0) is 11.8. The van der Waals surface area contributed by atoms with E-state index in [1.165, 1.54) is 7.11 Å². The Morgan fingerprint density at radius 2 is 2.19 bits per heavy atom. The molecule has 84 valence electrons. The number of hydrogen-bond acceptors (Lipinski definition) is 2. The molecule has 0 radical (unpaired) electrons. The predicted octanol–water partition coefficient (Wildman–Crippen LogP) is 0.958. The molecular weight excluding hydrogens is 202 g/mol. The van der Waals surface area contributed by atoms with Gasteiger partial charge in [-0.1, -0.05) is 32.1 Å². The number of carbonyl (C=O) groups is 1. The van der Waals surface area contributed by atoms with Crippen molar-refractivity contribution in [3.63, 3.8) is 0 Å². The summed E-state index contributed by atoms with van der Waals surface area (Å²) in [5, 5.41) is 1.98. The van der Waals surface area contributed by atoms with E-state index in [-0.39, 0.29) is 11.4 Å². The molecule has 1 aromatic rings. The van der Waals surface area contributed by atoms with Crippen LogP contribution in [0.15, 0.2) is 18.2 Å². The molecule has 0 saturated heterocycles. The first-order valence-corrected chi connectivity index (χ1v) is 5.22. The smallest absolute Gasteiger partial charge is 0.354 e. The van der Waals surface area contributed by atoms with E-state index in [4.69, 9.17) is 0 Å². The Morgan fingerprint density at radius 3 is 2.88 bits per heavy atom. The minimum absolute atomic E-state index is 0.00265. The maximum Gasteiger partial charge on any atom is 0.354 e. The molecule has 0 atom stereocenters. The number of methoxy groups -OCH3 is 1. The highest BCUT2D eigenvalue weighted by Crippen LogP contribution is 2.19. The number of aromatic nitrogens is 1. The zero-order valence-electron chi connectivity index (χ0n) is 9.70. The van der Waals surface area contributed by atoms with Crippen molar-refractivity contribution in [1.82, 2.24) is 4.98 Å². The summed E-state index contributed by atoms with van der Waals surface area (Å²) in [6.07, 6.45) is 8.22. The molecule has 0 saturated carbocycles. The van der Waals surface area contributed by atoms with Crippen LogP contribution in [0, 0.1) is 5.41 Å². The number of H-pyrrole nitrogens is 1. The molecule has 0 aromatic carbocycles. The largest absolute Gasteiger partial charge is 0.464 e. The third-order valence-electron chi connectivity index (χ3n) is 2.60. The van der Waals surface area contributed by atoms with Gasteiger partial charge in [-0.15, -0.1) is 0 Å². The Kier molecular flexibility index (Phi) is 2.46. The average Bonchev–Trinajstić information content (AvgIpc) is 2.53. The Labute approximate surface area is 94.1 Å². The van der Waals surface area contributed by atoms with E-state index < -0.39 is 0 Å². The van der Waals surface area contributed by atoms with E-state index in [0.717, 1.165) is 10.6 Å². The van der Waals surface area contributed by atoms with Crippen molar-refractivity contribution in [3.05, 3.63) is 34.5 Å². The molecule has 3 heteroatoms. The monoisotopic (exact) mass is 217 g/mol. The molecule has 0 aliphatic heterocycles. The van der Waals surface area contributed by atoms with Gasteiger partial charge in [0.15, 0.2) is 0 Å². The van der Waals surface area contributed by atoms with Gasteiger partial charge < -0.3 is 9.72 Å². The van der Waals surface area contributed by atoms with Crippen molar-refractivity contribution in [2.45, 2.75) is 13.8 Å². The van der Waals surface area contributed by atoms with E-state index in [0.29, 0.717) is 5.69 Å². The van der Waals surface area contributed by atoms with Crippen LogP contribution < -0.4 is 10.6 Å². The third-order valence-corrected chi connectivity index (χ3v) is 2.60. The Bertz CT molecular complexity index is 561. The predicted molar refractivity (Wildman–Crippen MR) is 63.2 cm³/mol. The van der Waals surface area contributed by atoms with Crippen LogP contribution in [0.3, 0.4) is 0 Å². The van der Waals surface area contributed by atoms with Gasteiger partial charge in [0, 0.05) is 10.8 Å². The fourth-order valence-electron chi connectivity index (χ4n) is 1.81. The number of carbonyl (C=O) groups excluding carboxylic acids is 1. The lowest BCUT2D eigenvalue weighted by Gasteiger charge is -2.12. The summed E-state index contributed by atoms with van der Waals surface area (Å²) in [5.41, 5.74) is 0.489. The minimum atomic E-state index is -0.336. The minimum Gasteiger partial charge on any atom is -0.464 e. The summed E-state index contributed by atoms with van der Waals surface area (Å²) >= 11 is 0. The van der Waals surface area contributed by atoms with Crippen LogP contribution in [-0.2, 0) is 4.74 Å². The lowest BCUT2D eigenvalue weighted by molar-refractivity contribution is 0.0594. The van der Waals surface area contributed by atoms with E-state index in [1.54, 1.807) is 0 Å². The fourth-order valence-corrected chi connectivity index (χ4v) is 1.81. The van der Waals surface area contributed by atoms with Crippen molar-refractivity contribution in [3.8, 4) is 0 Å². The third kappa shape index (κ3) is 1.94. The number of aromatic amines is 1. The maximum absolute atomic E-state index is 11.4. The van der Waals surface area contributed by atoms with Gasteiger partial charge >= 0.3 is 5.97 Å². The van der Waals surface area contributed by atoms with E-state index >= 15 is 0 Å². The van der Waals surface area contributed by atoms with Crippen LogP contribution in [0.25, 0.3) is 12.2 Å². The van der Waals surface area contributed by atoms with E-state index in [9.17, 15) is 4.79 Å². The maximum atomic E-state index is 11.4. The lowest BCUT2D eigenvalue weighted by Crippen LogP contribution is -2.23. The second kappa shape index (κ2) is 3.67. The van der Waals surface area contributed by atoms with Gasteiger partial charge in [0.1, 0.15) is 5.69 Å². The molecule has 1 aliphatic rings. The molecule has 3 nitrogen and oxygen atoms in total. The summed E-state index contributed by atoms with van der Waals surface area (Å²) in [7, 11) is 1.38. The van der Waals surface area contributed by atoms with Gasteiger partial charge in [-0.2, -0.15) is 0 Å². The molecule has 1 aromatic heterocycles. The second-order valence-corrected chi connectivity index (χ2v) is 4.54. The van der Waals surface area contributed by atoms with Crippen LogP contribution in [-0.4, -0.2) is 18.1 Å². The van der Waals surface area contributed by atoms with Gasteiger partial charge in [-0.05, 0) is 17.4 Å². The first-order valence-electron chi connectivity index (χ1n) is 5.22. The Hall–Kier alpha value is -1.77. The number of nitrogens with one attached hydrogen (secondary N) is 1. The van der Waals surface area contributed by atoms with Crippen LogP contribution in [0.5, 0.6) is 0 Å². The highest BCUT2D eigenvalue weighted by molar-refractivity contribution is 5.87. The molecule has 1 N–H and O–H groups in total. The van der Waals surface area contributed by atoms with Crippen molar-refractivity contribution >= 4 is 18.1 Å². The molecule has 1 aliphatic carbocycles. The normalized spacial score (nSPS) is 16.7. The molecular formula is C13H15NO2. The van der Waals surface area contributed by atoms with Gasteiger partial charge in [0.05, 0.1) is 7.11 Å². The molecule has 0 unspecified atom stereocenters. The lowest BCUT2D eigenvalue weighted by atomic mass is 9.92. The van der Waals surface area contributed by atoms with Crippen LogP contribution in [0.4, 0.5) is 0 Å². The van der Waals surface area contributed by atoms with Crippen molar-refractivity contribution in [1.29, 1.82) is 0 Å². The SMILES string of the molecule is COC(=O)c1cc2c([nH]1)=CC=CC(C)(C)C=2. The number of ether oxygens (including phenoxy) is 1. The molecule has 2 rings (SSSR count). The van der Waals surface area contributed by atoms with E-state index in [2.05, 4.69) is 35.7 Å². The molecule has 0 bridgehead atoms. The number of fused-ring (bicyclic) bond motifs is 1. The standard InChI is InChI=1S/C13H15NO2/c1-13(2)6-4-5-10-9(8-13)7-11(14-10)12(15)16-3/h4-8,14H,1-3H3. The average molecular weight is 217 g/mol. The van der Waals surface area contributed by atoms with Crippen molar-refractivity contribution in [2.24, 2.45) is 5.41 Å². The summed E-state index contributed by atoms with van der Waals surface area (Å²) in [6.45, 7) is 4.24. The number of esters is 1. The Morgan fingerprint density at radius 1 is 1.44 bits per heavy atom. The van der Waals surface area contributed by atoms with Gasteiger partial charge in [0.25, 0.3) is 0 Å². The van der Waals surface area contributed by atoms with Crippen LogP contribution >= 0.6 is 0 Å². The van der Waals surface area contributed by atoms with Crippen LogP contribution in [0.2, 0.25) is 0 Å². The summed E-state index contributed by atoms with van der Waals surface area (Å²) in [4.78, 5) is 14.4. The second-order valence-electron chi connectivity index (χ2n) is 4.54. The molecule has 0 amide bonds. The number of hydrogen-bond donors (Lipinski definition) is 1. The van der Waals surface area contributed by atoms with Crippen molar-refractivity contribution in [2.75, 3.05) is 7.11 Å². The topological polar surface area (TPSA) is 42.1 Å². The number of allylic oxidation sites excluding steroid dienone is 2. The Balaban J connectivity index is 2.61. The van der Waals surface area contributed by atoms with Gasteiger partial charge in [-0.3, -0.25) is 0 Å². The number of rotatable bonds is 1. The molecule has 1 heterocycles. The highest BCUT2D eigenvalue weighted by atomic mass is 16.5. The summed E-state index contributed by atoms with van der Waals surface area (Å²) < 4.78 is 4.68.